The fourth-order valence-corrected chi connectivity index (χ4v) is 6.15. The van der Waals surface area contributed by atoms with Gasteiger partial charge in [0, 0.05) is 28.6 Å². The molecule has 0 aliphatic rings. The SMILES string of the molecule is CC(=O)Nc1ccc(C(=O)CSc2nc3sc(C)c(-c4ccccc4)c3c(=O)n2-c2ccccc2)cc1. The number of nitrogens with zero attached hydrogens (tertiary/aromatic N) is 2. The van der Waals surface area contributed by atoms with Crippen LogP contribution in [0.25, 0.3) is 27.0 Å². The Morgan fingerprint density at radius 2 is 1.59 bits per heavy atom. The fraction of sp³-hybridized carbons (Fsp3) is 0.103. The molecule has 1 N–H and O–H groups in total. The van der Waals surface area contributed by atoms with Gasteiger partial charge in [-0.05, 0) is 48.9 Å². The average molecular weight is 526 g/mol. The number of anilines is 1. The van der Waals surface area contributed by atoms with Gasteiger partial charge in [0.2, 0.25) is 5.91 Å². The number of thioether (sulfide) groups is 1. The Labute approximate surface area is 222 Å². The van der Waals surface area contributed by atoms with Gasteiger partial charge >= 0.3 is 0 Å². The van der Waals surface area contributed by atoms with Crippen LogP contribution in [-0.2, 0) is 4.79 Å². The molecule has 184 valence electrons. The van der Waals surface area contributed by atoms with Crippen LogP contribution in [0.15, 0.2) is 94.9 Å². The van der Waals surface area contributed by atoms with Crippen molar-refractivity contribution in [2.24, 2.45) is 0 Å². The lowest BCUT2D eigenvalue weighted by Crippen LogP contribution is -2.22. The third-order valence-electron chi connectivity index (χ3n) is 5.81. The van der Waals surface area contributed by atoms with Gasteiger partial charge in [-0.25, -0.2) is 4.98 Å². The molecule has 0 aliphatic carbocycles. The van der Waals surface area contributed by atoms with Crippen molar-refractivity contribution in [3.63, 3.8) is 0 Å². The van der Waals surface area contributed by atoms with E-state index in [-0.39, 0.29) is 23.0 Å². The van der Waals surface area contributed by atoms with Gasteiger partial charge in [-0.1, -0.05) is 60.3 Å². The molecule has 0 atom stereocenters. The molecule has 5 aromatic rings. The maximum absolute atomic E-state index is 14.0. The summed E-state index contributed by atoms with van der Waals surface area (Å²) in [5, 5.41) is 3.74. The van der Waals surface area contributed by atoms with Crippen LogP contribution in [-0.4, -0.2) is 27.0 Å². The Balaban J connectivity index is 1.54. The van der Waals surface area contributed by atoms with Crippen molar-refractivity contribution < 1.29 is 9.59 Å². The van der Waals surface area contributed by atoms with Gasteiger partial charge in [0.05, 0.1) is 16.8 Å². The van der Waals surface area contributed by atoms with Gasteiger partial charge in [0.15, 0.2) is 10.9 Å². The molecule has 1 amide bonds. The van der Waals surface area contributed by atoms with Crippen LogP contribution in [0, 0.1) is 6.92 Å². The highest BCUT2D eigenvalue weighted by molar-refractivity contribution is 7.99. The lowest BCUT2D eigenvalue weighted by molar-refractivity contribution is -0.114. The molecule has 6 nitrogen and oxygen atoms in total. The minimum absolute atomic E-state index is 0.0966. The third kappa shape index (κ3) is 5.12. The zero-order valence-electron chi connectivity index (χ0n) is 20.2. The zero-order valence-corrected chi connectivity index (χ0v) is 21.9. The molecule has 0 aliphatic heterocycles. The predicted octanol–water partition coefficient (Wildman–Crippen LogP) is 6.36. The van der Waals surface area contributed by atoms with E-state index < -0.39 is 0 Å². The number of carbonyl (C=O) groups is 2. The Morgan fingerprint density at radius 1 is 0.946 bits per heavy atom. The molecule has 0 fully saturated rings. The summed E-state index contributed by atoms with van der Waals surface area (Å²) in [6.45, 7) is 3.44. The van der Waals surface area contributed by atoms with E-state index in [0.717, 1.165) is 16.0 Å². The van der Waals surface area contributed by atoms with Crippen LogP contribution < -0.4 is 10.9 Å². The number of fused-ring (bicyclic) bond motifs is 1. The number of thiophene rings is 1. The largest absolute Gasteiger partial charge is 0.326 e. The first kappa shape index (κ1) is 24.7. The number of hydrogen-bond acceptors (Lipinski definition) is 6. The van der Waals surface area contributed by atoms with E-state index in [4.69, 9.17) is 4.98 Å². The highest BCUT2D eigenvalue weighted by Crippen LogP contribution is 2.37. The minimum Gasteiger partial charge on any atom is -0.326 e. The van der Waals surface area contributed by atoms with Crippen molar-refractivity contribution in [1.82, 2.24) is 9.55 Å². The maximum Gasteiger partial charge on any atom is 0.268 e. The number of benzene rings is 3. The van der Waals surface area contributed by atoms with E-state index in [1.54, 1.807) is 28.8 Å². The van der Waals surface area contributed by atoms with E-state index in [9.17, 15) is 14.4 Å². The highest BCUT2D eigenvalue weighted by atomic mass is 32.2. The second-order valence-corrected chi connectivity index (χ2v) is 10.6. The van der Waals surface area contributed by atoms with Gasteiger partial charge in [-0.2, -0.15) is 0 Å². The summed E-state index contributed by atoms with van der Waals surface area (Å²) in [6.07, 6.45) is 0. The van der Waals surface area contributed by atoms with E-state index in [1.165, 1.54) is 30.0 Å². The molecule has 37 heavy (non-hydrogen) atoms. The normalized spacial score (nSPS) is 11.0. The van der Waals surface area contributed by atoms with Gasteiger partial charge in [-0.3, -0.25) is 19.0 Å². The molecule has 2 heterocycles. The van der Waals surface area contributed by atoms with Gasteiger partial charge in [0.1, 0.15) is 4.83 Å². The van der Waals surface area contributed by atoms with Crippen molar-refractivity contribution in [3.8, 4) is 16.8 Å². The van der Waals surface area contributed by atoms with Crippen molar-refractivity contribution >= 4 is 50.7 Å². The van der Waals surface area contributed by atoms with Crippen LogP contribution in [0.2, 0.25) is 0 Å². The fourth-order valence-electron chi connectivity index (χ4n) is 4.15. The minimum atomic E-state index is -0.172. The molecule has 5 rings (SSSR count). The van der Waals surface area contributed by atoms with Crippen LogP contribution >= 0.6 is 23.1 Å². The molecule has 8 heteroatoms. The molecule has 0 saturated heterocycles. The Kier molecular flexibility index (Phi) is 7.03. The number of para-hydroxylation sites is 1. The Morgan fingerprint density at radius 3 is 2.24 bits per heavy atom. The molecule has 0 radical (unpaired) electrons. The van der Waals surface area contributed by atoms with E-state index in [1.807, 2.05) is 67.6 Å². The monoisotopic (exact) mass is 525 g/mol. The lowest BCUT2D eigenvalue weighted by Gasteiger charge is -2.12. The van der Waals surface area contributed by atoms with Crippen molar-refractivity contribution in [2.75, 3.05) is 11.1 Å². The molecule has 0 bridgehead atoms. The zero-order chi connectivity index (χ0) is 25.9. The second kappa shape index (κ2) is 10.5. The highest BCUT2D eigenvalue weighted by Gasteiger charge is 2.21. The number of carbonyl (C=O) groups excluding carboxylic acids is 2. The number of aromatic nitrogens is 2. The second-order valence-electron chi connectivity index (χ2n) is 8.42. The van der Waals surface area contributed by atoms with Crippen LogP contribution in [0.5, 0.6) is 0 Å². The maximum atomic E-state index is 14.0. The first-order valence-corrected chi connectivity index (χ1v) is 13.4. The molecular formula is C29H23N3O3S2. The van der Waals surface area contributed by atoms with E-state index in [0.29, 0.717) is 32.3 Å². The average Bonchev–Trinajstić information content (AvgIpc) is 3.24. The predicted molar refractivity (Wildman–Crippen MR) is 151 cm³/mol. The smallest absolute Gasteiger partial charge is 0.268 e. The number of rotatable bonds is 7. The lowest BCUT2D eigenvalue weighted by atomic mass is 10.0. The van der Waals surface area contributed by atoms with Crippen molar-refractivity contribution in [3.05, 3.63) is 106 Å². The standard InChI is InChI=1S/C29H23N3O3S2/c1-18-25(21-9-5-3-6-10-21)26-27(37-18)31-29(32(28(26)35)23-11-7-4-8-12-23)36-17-24(34)20-13-15-22(16-14-20)30-19(2)33/h3-16H,17H2,1-2H3,(H,30,33). The van der Waals surface area contributed by atoms with Crippen LogP contribution in [0.1, 0.15) is 22.2 Å². The first-order valence-electron chi connectivity index (χ1n) is 11.6. The topological polar surface area (TPSA) is 81.1 Å². The third-order valence-corrected chi connectivity index (χ3v) is 7.75. The van der Waals surface area contributed by atoms with Gasteiger partial charge in [0.25, 0.3) is 5.56 Å². The summed E-state index contributed by atoms with van der Waals surface area (Å²) in [6, 6.07) is 26.0. The van der Waals surface area contributed by atoms with E-state index in [2.05, 4.69) is 5.32 Å². The molecular weight excluding hydrogens is 502 g/mol. The summed E-state index contributed by atoms with van der Waals surface area (Å²) in [5.74, 6) is -0.157. The molecule has 2 aromatic heterocycles. The summed E-state index contributed by atoms with van der Waals surface area (Å²) in [4.78, 5) is 44.8. The number of aryl methyl sites for hydroxylation is 1. The Hall–Kier alpha value is -4.01. The number of hydrogen-bond donors (Lipinski definition) is 1. The Bertz CT molecular complexity index is 1660. The first-order chi connectivity index (χ1) is 17.9. The summed E-state index contributed by atoms with van der Waals surface area (Å²) in [5.41, 5.74) is 3.56. The number of nitrogens with one attached hydrogen (secondary N) is 1. The molecule has 0 saturated carbocycles. The summed E-state index contributed by atoms with van der Waals surface area (Å²) >= 11 is 2.72. The quantitative estimate of drug-likeness (QED) is 0.152. The van der Waals surface area contributed by atoms with Crippen molar-refractivity contribution in [2.45, 2.75) is 19.0 Å². The summed E-state index contributed by atoms with van der Waals surface area (Å²) < 4.78 is 1.60. The van der Waals surface area contributed by atoms with E-state index >= 15 is 0 Å². The molecule has 0 spiro atoms. The van der Waals surface area contributed by atoms with Gasteiger partial charge in [-0.15, -0.1) is 11.3 Å². The molecule has 0 unspecified atom stereocenters. The number of amides is 1. The summed E-state index contributed by atoms with van der Waals surface area (Å²) in [7, 11) is 0. The number of ketones is 1. The van der Waals surface area contributed by atoms with Gasteiger partial charge < -0.3 is 5.32 Å². The molecule has 3 aromatic carbocycles. The van der Waals surface area contributed by atoms with Crippen LogP contribution in [0.3, 0.4) is 0 Å². The van der Waals surface area contributed by atoms with Crippen LogP contribution in [0.4, 0.5) is 5.69 Å². The number of Topliss-reactive ketones (excluding diaryl/α,β-unsaturated/α-hetero) is 1. The van der Waals surface area contributed by atoms with Crippen molar-refractivity contribution in [1.29, 1.82) is 0 Å².